The standard InChI is InChI=1S/C12H13NO5/c1-15-9-4-7-5-11(18-12(14)17-3)13-8(7)6-10(9)16-2/h4-6,13H,1-3H3. The maximum Gasteiger partial charge on any atom is 0.514 e. The monoisotopic (exact) mass is 251 g/mol. The Morgan fingerprint density at radius 3 is 2.33 bits per heavy atom. The Labute approximate surface area is 103 Å². The van der Waals surface area contributed by atoms with Gasteiger partial charge >= 0.3 is 6.16 Å². The molecular formula is C12H13NO5. The molecule has 0 unspecified atom stereocenters. The van der Waals surface area contributed by atoms with Crippen LogP contribution >= 0.6 is 0 Å². The molecule has 18 heavy (non-hydrogen) atoms. The number of benzene rings is 1. The summed E-state index contributed by atoms with van der Waals surface area (Å²) in [5.74, 6) is 1.50. The van der Waals surface area contributed by atoms with Crippen LogP contribution in [-0.2, 0) is 4.74 Å². The molecule has 0 radical (unpaired) electrons. The van der Waals surface area contributed by atoms with Crippen LogP contribution in [0.4, 0.5) is 4.79 Å². The molecule has 1 N–H and O–H groups in total. The number of carbonyl (C=O) groups is 1. The van der Waals surface area contributed by atoms with Crippen molar-refractivity contribution >= 4 is 17.1 Å². The maximum absolute atomic E-state index is 11.0. The molecule has 0 amide bonds. The van der Waals surface area contributed by atoms with Crippen molar-refractivity contribution in [2.75, 3.05) is 21.3 Å². The number of aromatic nitrogens is 1. The molecule has 0 aliphatic heterocycles. The minimum absolute atomic E-state index is 0.298. The molecular weight excluding hydrogens is 238 g/mol. The summed E-state index contributed by atoms with van der Waals surface area (Å²) in [5.41, 5.74) is 0.770. The van der Waals surface area contributed by atoms with E-state index in [-0.39, 0.29) is 0 Å². The van der Waals surface area contributed by atoms with Gasteiger partial charge in [-0.3, -0.25) is 0 Å². The molecule has 0 atom stereocenters. The van der Waals surface area contributed by atoms with Gasteiger partial charge in [-0.1, -0.05) is 0 Å². The highest BCUT2D eigenvalue weighted by Crippen LogP contribution is 2.33. The van der Waals surface area contributed by atoms with Crippen LogP contribution in [0.1, 0.15) is 0 Å². The van der Waals surface area contributed by atoms with E-state index in [4.69, 9.17) is 14.2 Å². The lowest BCUT2D eigenvalue weighted by Crippen LogP contribution is -2.07. The summed E-state index contributed by atoms with van der Waals surface area (Å²) < 4.78 is 19.7. The highest BCUT2D eigenvalue weighted by Gasteiger charge is 2.11. The van der Waals surface area contributed by atoms with Crippen LogP contribution in [0.3, 0.4) is 0 Å². The van der Waals surface area contributed by atoms with Gasteiger partial charge in [-0.25, -0.2) is 4.79 Å². The first-order chi connectivity index (χ1) is 8.67. The van der Waals surface area contributed by atoms with Crippen molar-refractivity contribution in [3.63, 3.8) is 0 Å². The maximum atomic E-state index is 11.0. The van der Waals surface area contributed by atoms with E-state index in [0.717, 1.165) is 10.9 Å². The van der Waals surface area contributed by atoms with Crippen molar-refractivity contribution in [3.8, 4) is 17.4 Å². The van der Waals surface area contributed by atoms with Crippen LogP contribution in [-0.4, -0.2) is 32.5 Å². The summed E-state index contributed by atoms with van der Waals surface area (Å²) in [6, 6.07) is 5.22. The third-order valence-electron chi connectivity index (χ3n) is 2.46. The number of carbonyl (C=O) groups excluding carboxylic acids is 1. The first-order valence-electron chi connectivity index (χ1n) is 5.18. The van der Waals surface area contributed by atoms with Gasteiger partial charge in [0.05, 0.1) is 26.8 Å². The predicted octanol–water partition coefficient (Wildman–Crippen LogP) is 2.33. The molecule has 2 aromatic rings. The van der Waals surface area contributed by atoms with E-state index in [9.17, 15) is 4.79 Å². The minimum Gasteiger partial charge on any atom is -0.493 e. The Kier molecular flexibility index (Phi) is 3.27. The van der Waals surface area contributed by atoms with E-state index in [2.05, 4.69) is 9.72 Å². The topological polar surface area (TPSA) is 69.8 Å². The second-order valence-electron chi connectivity index (χ2n) is 3.48. The van der Waals surface area contributed by atoms with Gasteiger partial charge in [-0.2, -0.15) is 0 Å². The number of rotatable bonds is 3. The Balaban J connectivity index is 2.41. The first kappa shape index (κ1) is 12.1. The van der Waals surface area contributed by atoms with E-state index < -0.39 is 6.16 Å². The van der Waals surface area contributed by atoms with Gasteiger partial charge in [0.1, 0.15) is 0 Å². The van der Waals surface area contributed by atoms with Crippen molar-refractivity contribution in [3.05, 3.63) is 18.2 Å². The summed E-state index contributed by atoms with van der Waals surface area (Å²) in [6.45, 7) is 0. The number of fused-ring (bicyclic) bond motifs is 1. The number of hydrogen-bond donors (Lipinski definition) is 1. The molecule has 0 aliphatic rings. The molecule has 1 heterocycles. The van der Waals surface area contributed by atoms with E-state index >= 15 is 0 Å². The molecule has 2 rings (SSSR count). The Morgan fingerprint density at radius 1 is 1.06 bits per heavy atom. The molecule has 0 spiro atoms. The summed E-state index contributed by atoms with van der Waals surface area (Å²) in [7, 11) is 4.36. The number of hydrogen-bond acceptors (Lipinski definition) is 5. The predicted molar refractivity (Wildman–Crippen MR) is 64.4 cm³/mol. The smallest absolute Gasteiger partial charge is 0.493 e. The van der Waals surface area contributed by atoms with E-state index in [0.29, 0.717) is 17.4 Å². The second-order valence-corrected chi connectivity index (χ2v) is 3.48. The fourth-order valence-corrected chi connectivity index (χ4v) is 1.62. The van der Waals surface area contributed by atoms with Crippen molar-refractivity contribution in [2.45, 2.75) is 0 Å². The highest BCUT2D eigenvalue weighted by atomic mass is 16.7. The normalized spacial score (nSPS) is 10.2. The average Bonchev–Trinajstić information content (AvgIpc) is 2.77. The molecule has 0 fully saturated rings. The molecule has 0 aliphatic carbocycles. The van der Waals surface area contributed by atoms with Crippen LogP contribution < -0.4 is 14.2 Å². The van der Waals surface area contributed by atoms with E-state index in [1.807, 2.05) is 0 Å². The molecule has 1 aromatic carbocycles. The fraction of sp³-hybridized carbons (Fsp3) is 0.250. The number of nitrogens with one attached hydrogen (secondary N) is 1. The molecule has 0 bridgehead atoms. The lowest BCUT2D eigenvalue weighted by Gasteiger charge is -2.06. The van der Waals surface area contributed by atoms with E-state index in [1.54, 1.807) is 32.4 Å². The number of methoxy groups -OCH3 is 3. The molecule has 0 saturated heterocycles. The van der Waals surface area contributed by atoms with Gasteiger partial charge in [0, 0.05) is 17.5 Å². The highest BCUT2D eigenvalue weighted by molar-refractivity contribution is 5.85. The van der Waals surface area contributed by atoms with Gasteiger partial charge in [0.25, 0.3) is 0 Å². The van der Waals surface area contributed by atoms with Gasteiger partial charge in [-0.15, -0.1) is 0 Å². The number of ether oxygens (including phenoxy) is 4. The van der Waals surface area contributed by atoms with Crippen molar-refractivity contribution in [1.29, 1.82) is 0 Å². The quantitative estimate of drug-likeness (QED) is 0.848. The zero-order valence-corrected chi connectivity index (χ0v) is 10.3. The summed E-state index contributed by atoms with van der Waals surface area (Å²) >= 11 is 0. The first-order valence-corrected chi connectivity index (χ1v) is 5.18. The van der Waals surface area contributed by atoms with Crippen LogP contribution in [0.25, 0.3) is 10.9 Å². The second kappa shape index (κ2) is 4.87. The van der Waals surface area contributed by atoms with Crippen molar-refractivity contribution in [2.24, 2.45) is 0 Å². The van der Waals surface area contributed by atoms with Crippen LogP contribution in [0, 0.1) is 0 Å². The lowest BCUT2D eigenvalue weighted by atomic mass is 10.2. The largest absolute Gasteiger partial charge is 0.514 e. The Bertz CT molecular complexity index is 534. The molecule has 6 nitrogen and oxygen atoms in total. The average molecular weight is 251 g/mol. The minimum atomic E-state index is -0.777. The van der Waals surface area contributed by atoms with E-state index in [1.165, 1.54) is 7.11 Å². The zero-order chi connectivity index (χ0) is 13.1. The molecule has 0 saturated carbocycles. The molecule has 1 aromatic heterocycles. The molecule has 6 heteroatoms. The van der Waals surface area contributed by atoms with Gasteiger partial charge in [0.2, 0.25) is 5.88 Å². The lowest BCUT2D eigenvalue weighted by molar-refractivity contribution is 0.120. The van der Waals surface area contributed by atoms with Gasteiger partial charge < -0.3 is 23.9 Å². The molecule has 96 valence electrons. The van der Waals surface area contributed by atoms with Crippen LogP contribution in [0.2, 0.25) is 0 Å². The zero-order valence-electron chi connectivity index (χ0n) is 10.3. The van der Waals surface area contributed by atoms with Crippen molar-refractivity contribution < 1.29 is 23.7 Å². The Morgan fingerprint density at radius 2 is 1.72 bits per heavy atom. The van der Waals surface area contributed by atoms with Gasteiger partial charge in [-0.05, 0) is 6.07 Å². The van der Waals surface area contributed by atoms with Crippen LogP contribution in [0.5, 0.6) is 17.4 Å². The summed E-state index contributed by atoms with van der Waals surface area (Å²) in [5, 5.41) is 0.839. The van der Waals surface area contributed by atoms with Crippen LogP contribution in [0.15, 0.2) is 18.2 Å². The number of H-pyrrole nitrogens is 1. The summed E-state index contributed by atoms with van der Waals surface area (Å²) in [6.07, 6.45) is -0.777. The third-order valence-corrected chi connectivity index (χ3v) is 2.46. The SMILES string of the molecule is COC(=O)Oc1cc2cc(OC)c(OC)cc2[nH]1. The van der Waals surface area contributed by atoms with Crippen molar-refractivity contribution in [1.82, 2.24) is 4.98 Å². The summed E-state index contributed by atoms with van der Waals surface area (Å²) in [4.78, 5) is 13.9. The van der Waals surface area contributed by atoms with Gasteiger partial charge in [0.15, 0.2) is 11.5 Å². The Hall–Kier alpha value is -2.37. The fourth-order valence-electron chi connectivity index (χ4n) is 1.62. The third kappa shape index (κ3) is 2.17. The number of aromatic amines is 1.